The Morgan fingerprint density at radius 2 is 1.89 bits per heavy atom. The third-order valence-corrected chi connectivity index (χ3v) is 4.41. The molecule has 2 rings (SSSR count). The lowest BCUT2D eigenvalue weighted by Gasteiger charge is -2.39. The number of aromatic nitrogens is 1. The van der Waals surface area contributed by atoms with Gasteiger partial charge in [0.05, 0.1) is 0 Å². The van der Waals surface area contributed by atoms with Crippen molar-refractivity contribution < 1.29 is 5.11 Å². The molecule has 0 amide bonds. The monoisotopic (exact) mass is 262 g/mol. The minimum Gasteiger partial charge on any atom is -0.396 e. The van der Waals surface area contributed by atoms with Crippen molar-refractivity contribution >= 4 is 0 Å². The number of aliphatic hydroxyl groups excluding tert-OH is 1. The largest absolute Gasteiger partial charge is 0.396 e. The molecule has 1 aromatic rings. The first-order valence-electron chi connectivity index (χ1n) is 7.50. The van der Waals surface area contributed by atoms with Crippen LogP contribution in [0, 0.1) is 5.41 Å². The number of nitrogens with zero attached hydrogens (tertiary/aromatic N) is 2. The molecule has 1 aliphatic rings. The van der Waals surface area contributed by atoms with Gasteiger partial charge in [-0.2, -0.15) is 0 Å². The van der Waals surface area contributed by atoms with Crippen LogP contribution in [0.25, 0.3) is 0 Å². The normalized spacial score (nSPS) is 18.7. The lowest BCUT2D eigenvalue weighted by atomic mass is 9.74. The van der Waals surface area contributed by atoms with Gasteiger partial charge in [-0.15, -0.1) is 0 Å². The molecule has 0 spiro atoms. The van der Waals surface area contributed by atoms with Crippen molar-refractivity contribution in [2.75, 3.05) is 19.7 Å². The molecule has 3 heteroatoms. The van der Waals surface area contributed by atoms with Gasteiger partial charge in [0.2, 0.25) is 0 Å². The van der Waals surface area contributed by atoms with Crippen molar-refractivity contribution in [3.63, 3.8) is 0 Å². The van der Waals surface area contributed by atoms with Crippen LogP contribution in [-0.4, -0.2) is 34.7 Å². The predicted octanol–water partition coefficient (Wildman–Crippen LogP) is 2.85. The summed E-state index contributed by atoms with van der Waals surface area (Å²) in [5.41, 5.74) is 1.45. The second-order valence-corrected chi connectivity index (χ2v) is 5.88. The summed E-state index contributed by atoms with van der Waals surface area (Å²) in [6, 6.07) is 4.16. The van der Waals surface area contributed by atoms with Crippen molar-refractivity contribution in [2.45, 2.75) is 45.6 Å². The summed E-state index contributed by atoms with van der Waals surface area (Å²) in [6.07, 6.45) is 9.93. The highest BCUT2D eigenvalue weighted by Crippen LogP contribution is 2.36. The molecular formula is C16H26N2O. The average molecular weight is 262 g/mol. The highest BCUT2D eigenvalue weighted by Gasteiger charge is 2.32. The van der Waals surface area contributed by atoms with Gasteiger partial charge in [0.15, 0.2) is 0 Å². The van der Waals surface area contributed by atoms with Crippen LogP contribution in [0.5, 0.6) is 0 Å². The molecule has 1 aliphatic carbocycles. The third-order valence-electron chi connectivity index (χ3n) is 4.41. The van der Waals surface area contributed by atoms with Gasteiger partial charge in [-0.05, 0) is 37.1 Å². The van der Waals surface area contributed by atoms with Crippen LogP contribution in [0.3, 0.4) is 0 Å². The van der Waals surface area contributed by atoms with Crippen molar-refractivity contribution in [1.82, 2.24) is 9.88 Å². The topological polar surface area (TPSA) is 36.4 Å². The molecule has 1 saturated carbocycles. The zero-order chi connectivity index (χ0) is 13.6. The molecule has 0 radical (unpaired) electrons. The summed E-state index contributed by atoms with van der Waals surface area (Å²) < 4.78 is 0. The minimum atomic E-state index is 0.140. The van der Waals surface area contributed by atoms with Gasteiger partial charge in [-0.3, -0.25) is 9.88 Å². The fraction of sp³-hybridized carbons (Fsp3) is 0.688. The fourth-order valence-corrected chi connectivity index (χ4v) is 3.17. The maximum atomic E-state index is 9.82. The maximum absolute atomic E-state index is 9.82. The molecule has 0 bridgehead atoms. The van der Waals surface area contributed by atoms with E-state index in [1.54, 1.807) is 0 Å². The van der Waals surface area contributed by atoms with Crippen LogP contribution in [-0.2, 0) is 6.54 Å². The van der Waals surface area contributed by atoms with Crippen LogP contribution < -0.4 is 0 Å². The standard InChI is InChI=1S/C16H26N2O/c1-2-18(12-15-6-10-17-11-7-15)13-16(14-19)8-4-3-5-9-16/h6-7,10-11,19H,2-5,8-9,12-14H2,1H3. The average Bonchev–Trinajstić information content (AvgIpc) is 2.48. The predicted molar refractivity (Wildman–Crippen MR) is 77.8 cm³/mol. The van der Waals surface area contributed by atoms with E-state index in [0.29, 0.717) is 6.61 Å². The summed E-state index contributed by atoms with van der Waals surface area (Å²) in [7, 11) is 0. The number of hydrogen-bond acceptors (Lipinski definition) is 3. The third kappa shape index (κ3) is 4.02. The highest BCUT2D eigenvalue weighted by atomic mass is 16.3. The zero-order valence-electron chi connectivity index (χ0n) is 12.0. The van der Waals surface area contributed by atoms with Crippen molar-refractivity contribution in [1.29, 1.82) is 0 Å². The van der Waals surface area contributed by atoms with Gasteiger partial charge >= 0.3 is 0 Å². The number of rotatable bonds is 6. The molecule has 19 heavy (non-hydrogen) atoms. The number of hydrogen-bond donors (Lipinski definition) is 1. The highest BCUT2D eigenvalue weighted by molar-refractivity contribution is 5.09. The van der Waals surface area contributed by atoms with Crippen molar-refractivity contribution in [3.8, 4) is 0 Å². The van der Waals surface area contributed by atoms with E-state index < -0.39 is 0 Å². The molecular weight excluding hydrogens is 236 g/mol. The second-order valence-electron chi connectivity index (χ2n) is 5.88. The molecule has 106 valence electrons. The molecule has 0 unspecified atom stereocenters. The first-order valence-corrected chi connectivity index (χ1v) is 7.50. The van der Waals surface area contributed by atoms with E-state index in [0.717, 1.165) is 19.6 Å². The second kappa shape index (κ2) is 7.01. The van der Waals surface area contributed by atoms with Gasteiger partial charge in [0, 0.05) is 37.5 Å². The van der Waals surface area contributed by atoms with Crippen LogP contribution in [0.1, 0.15) is 44.6 Å². The van der Waals surface area contributed by atoms with Crippen molar-refractivity contribution in [3.05, 3.63) is 30.1 Å². The molecule has 0 aliphatic heterocycles. The molecule has 0 atom stereocenters. The summed E-state index contributed by atoms with van der Waals surface area (Å²) in [5, 5.41) is 9.82. The Morgan fingerprint density at radius 3 is 2.47 bits per heavy atom. The quantitative estimate of drug-likeness (QED) is 0.856. The van der Waals surface area contributed by atoms with E-state index in [9.17, 15) is 5.11 Å². The Balaban J connectivity index is 1.97. The molecule has 1 heterocycles. The summed E-state index contributed by atoms with van der Waals surface area (Å²) in [5.74, 6) is 0. The lowest BCUT2D eigenvalue weighted by molar-refractivity contribution is 0.0395. The van der Waals surface area contributed by atoms with E-state index in [-0.39, 0.29) is 5.41 Å². The Labute approximate surface area is 116 Å². The fourth-order valence-electron chi connectivity index (χ4n) is 3.17. The SMILES string of the molecule is CCN(Cc1ccncc1)CC1(CO)CCCCC1. The van der Waals surface area contributed by atoms with Gasteiger partial charge in [0.25, 0.3) is 0 Å². The van der Waals surface area contributed by atoms with E-state index in [4.69, 9.17) is 0 Å². The molecule has 1 fully saturated rings. The maximum Gasteiger partial charge on any atom is 0.0499 e. The number of aliphatic hydroxyl groups is 1. The minimum absolute atomic E-state index is 0.140. The van der Waals surface area contributed by atoms with Gasteiger partial charge in [-0.1, -0.05) is 26.2 Å². The Bertz CT molecular complexity index is 360. The van der Waals surface area contributed by atoms with Gasteiger partial charge < -0.3 is 5.11 Å². The van der Waals surface area contributed by atoms with E-state index in [2.05, 4.69) is 28.9 Å². The molecule has 3 nitrogen and oxygen atoms in total. The molecule has 1 N–H and O–H groups in total. The molecule has 1 aromatic heterocycles. The summed E-state index contributed by atoms with van der Waals surface area (Å²) in [4.78, 5) is 6.52. The van der Waals surface area contributed by atoms with Crippen LogP contribution in [0.2, 0.25) is 0 Å². The Kier molecular flexibility index (Phi) is 5.34. The van der Waals surface area contributed by atoms with Gasteiger partial charge in [0.1, 0.15) is 0 Å². The lowest BCUT2D eigenvalue weighted by Crippen LogP contribution is -2.41. The van der Waals surface area contributed by atoms with Crippen molar-refractivity contribution in [2.24, 2.45) is 5.41 Å². The summed E-state index contributed by atoms with van der Waals surface area (Å²) >= 11 is 0. The van der Waals surface area contributed by atoms with E-state index in [1.807, 2.05) is 12.4 Å². The number of pyridine rings is 1. The Morgan fingerprint density at radius 1 is 1.21 bits per heavy atom. The first-order chi connectivity index (χ1) is 9.28. The smallest absolute Gasteiger partial charge is 0.0499 e. The molecule has 0 aromatic carbocycles. The molecule has 0 saturated heterocycles. The van der Waals surface area contributed by atoms with Crippen LogP contribution in [0.4, 0.5) is 0 Å². The van der Waals surface area contributed by atoms with E-state index in [1.165, 1.54) is 37.7 Å². The zero-order valence-corrected chi connectivity index (χ0v) is 12.0. The van der Waals surface area contributed by atoms with Gasteiger partial charge in [-0.25, -0.2) is 0 Å². The van der Waals surface area contributed by atoms with Crippen LogP contribution in [0.15, 0.2) is 24.5 Å². The van der Waals surface area contributed by atoms with E-state index >= 15 is 0 Å². The van der Waals surface area contributed by atoms with Crippen LogP contribution >= 0.6 is 0 Å². The summed E-state index contributed by atoms with van der Waals surface area (Å²) in [6.45, 7) is 5.54. The Hall–Kier alpha value is -0.930. The first kappa shape index (κ1) is 14.5.